The molecule has 3 aromatic rings. The van der Waals surface area contributed by atoms with Crippen molar-refractivity contribution in [2.24, 2.45) is 0 Å². The fourth-order valence-electron chi connectivity index (χ4n) is 5.64. The van der Waals surface area contributed by atoms with Crippen LogP contribution in [0.25, 0.3) is 11.1 Å². The van der Waals surface area contributed by atoms with Gasteiger partial charge in [0.05, 0.1) is 17.9 Å². The first-order valence-corrected chi connectivity index (χ1v) is 15.2. The second-order valence-electron chi connectivity index (χ2n) is 11.6. The zero-order chi connectivity index (χ0) is 31.5. The van der Waals surface area contributed by atoms with Crippen molar-refractivity contribution < 1.29 is 22.7 Å². The van der Waals surface area contributed by atoms with Crippen LogP contribution in [-0.4, -0.2) is 55.0 Å². The smallest absolute Gasteiger partial charge is 0.416 e. The van der Waals surface area contributed by atoms with Gasteiger partial charge in [0.2, 0.25) is 5.95 Å². The van der Waals surface area contributed by atoms with Gasteiger partial charge in [-0.05, 0) is 77.1 Å². The van der Waals surface area contributed by atoms with E-state index in [1.807, 2.05) is 62.2 Å². The minimum Gasteiger partial charge on any atom is -0.447 e. The summed E-state index contributed by atoms with van der Waals surface area (Å²) in [5, 5.41) is 4.40. The minimum absolute atomic E-state index is 0.00678. The van der Waals surface area contributed by atoms with E-state index in [4.69, 9.17) is 16.3 Å². The first-order valence-electron chi connectivity index (χ1n) is 14.8. The molecule has 1 fully saturated rings. The molecule has 43 heavy (non-hydrogen) atoms. The van der Waals surface area contributed by atoms with E-state index in [2.05, 4.69) is 15.1 Å². The molecule has 0 bridgehead atoms. The Morgan fingerprint density at radius 2 is 1.65 bits per heavy atom. The van der Waals surface area contributed by atoms with Crippen LogP contribution >= 0.6 is 11.6 Å². The van der Waals surface area contributed by atoms with Crippen molar-refractivity contribution in [3.05, 3.63) is 59.1 Å². The Kier molecular flexibility index (Phi) is 10.2. The summed E-state index contributed by atoms with van der Waals surface area (Å²) in [6.07, 6.45) is 4.53. The zero-order valence-electron chi connectivity index (χ0n) is 25.5. The third-order valence-electron chi connectivity index (χ3n) is 7.80. The van der Waals surface area contributed by atoms with E-state index in [0.29, 0.717) is 37.2 Å². The Morgan fingerprint density at radius 3 is 2.16 bits per heavy atom. The number of alkyl halides is 3. The molecule has 0 radical (unpaired) electrons. The average molecular weight is 621 g/mol. The number of nitrogens with zero attached hydrogens (tertiary/aromatic N) is 6. The monoisotopic (exact) mass is 620 g/mol. The van der Waals surface area contributed by atoms with Gasteiger partial charge in [0, 0.05) is 65.5 Å². The van der Waals surface area contributed by atoms with Crippen molar-refractivity contribution >= 4 is 23.6 Å². The minimum atomic E-state index is -4.54. The molecular weight excluding hydrogens is 581 g/mol. The molecule has 0 aliphatic carbocycles. The molecule has 1 aliphatic rings. The molecule has 1 saturated heterocycles. The van der Waals surface area contributed by atoms with Crippen LogP contribution in [0.3, 0.4) is 0 Å². The summed E-state index contributed by atoms with van der Waals surface area (Å²) in [4.78, 5) is 26.3. The van der Waals surface area contributed by atoms with Crippen LogP contribution in [0.4, 0.5) is 23.9 Å². The van der Waals surface area contributed by atoms with Gasteiger partial charge < -0.3 is 14.5 Å². The van der Waals surface area contributed by atoms with Gasteiger partial charge in [0.25, 0.3) is 0 Å². The summed E-state index contributed by atoms with van der Waals surface area (Å²) in [7, 11) is 0. The quantitative estimate of drug-likeness (QED) is 0.240. The predicted molar refractivity (Wildman–Crippen MR) is 161 cm³/mol. The van der Waals surface area contributed by atoms with Gasteiger partial charge in [0.15, 0.2) is 0 Å². The van der Waals surface area contributed by atoms with Crippen molar-refractivity contribution in [3.8, 4) is 11.1 Å². The number of carbonyl (C=O) groups excluding carboxylic acids is 1. The highest BCUT2D eigenvalue weighted by Gasteiger charge is 2.41. The highest BCUT2D eigenvalue weighted by molar-refractivity contribution is 6.30. The van der Waals surface area contributed by atoms with Gasteiger partial charge in [-0.15, -0.1) is 0 Å². The van der Waals surface area contributed by atoms with Gasteiger partial charge in [-0.3, -0.25) is 4.68 Å². The normalized spacial score (nSPS) is 19.3. The molecule has 2 aromatic heterocycles. The Morgan fingerprint density at radius 1 is 1.02 bits per heavy atom. The molecule has 0 saturated carbocycles. The topological polar surface area (TPSA) is 76.4 Å². The SMILES string of the molecule is CC[C@@H]1C[C@H](N(Cc2cc(Cl)cc(C(F)(F)F)c2)c2ncc(-c3cnn(C(C)C)c3)cn2)C[C@H](CC)N1C(=O)OC(C)C. The maximum atomic E-state index is 13.7. The number of carbonyl (C=O) groups is 1. The molecule has 8 nitrogen and oxygen atoms in total. The van der Waals surface area contributed by atoms with Crippen LogP contribution in [0.1, 0.15) is 84.4 Å². The van der Waals surface area contributed by atoms with Crippen molar-refractivity contribution in [3.63, 3.8) is 0 Å². The summed E-state index contributed by atoms with van der Waals surface area (Å²) in [5.41, 5.74) is 1.23. The van der Waals surface area contributed by atoms with Gasteiger partial charge in [-0.2, -0.15) is 18.3 Å². The van der Waals surface area contributed by atoms with E-state index in [0.717, 1.165) is 23.3 Å². The molecule has 3 atom stereocenters. The van der Waals surface area contributed by atoms with Crippen LogP contribution in [0.15, 0.2) is 43.0 Å². The van der Waals surface area contributed by atoms with Gasteiger partial charge >= 0.3 is 12.3 Å². The summed E-state index contributed by atoms with van der Waals surface area (Å²) in [6.45, 7) is 11.9. The summed E-state index contributed by atoms with van der Waals surface area (Å²) in [5.74, 6) is 0.390. The van der Waals surface area contributed by atoms with Crippen molar-refractivity contribution in [1.29, 1.82) is 0 Å². The molecule has 0 unspecified atom stereocenters. The van der Waals surface area contributed by atoms with E-state index in [1.165, 1.54) is 0 Å². The molecule has 1 aliphatic heterocycles. The number of benzene rings is 1. The van der Waals surface area contributed by atoms with E-state index in [1.54, 1.807) is 24.7 Å². The molecule has 3 heterocycles. The maximum Gasteiger partial charge on any atom is 0.416 e. The van der Waals surface area contributed by atoms with Gasteiger partial charge in [-0.1, -0.05) is 25.4 Å². The summed E-state index contributed by atoms with van der Waals surface area (Å²) < 4.78 is 48.4. The van der Waals surface area contributed by atoms with E-state index in [9.17, 15) is 18.0 Å². The molecule has 4 rings (SSSR count). The van der Waals surface area contributed by atoms with Crippen LogP contribution < -0.4 is 4.90 Å². The lowest BCUT2D eigenvalue weighted by atomic mass is 9.87. The van der Waals surface area contributed by atoms with E-state index >= 15 is 0 Å². The average Bonchev–Trinajstić information content (AvgIpc) is 3.45. The molecular formula is C31H40ClF3N6O2. The largest absolute Gasteiger partial charge is 0.447 e. The van der Waals surface area contributed by atoms with Crippen LogP contribution in [0, 0.1) is 0 Å². The molecule has 234 valence electrons. The molecule has 1 aromatic carbocycles. The number of rotatable bonds is 9. The Hall–Kier alpha value is -3.34. The second-order valence-corrected chi connectivity index (χ2v) is 12.1. The Bertz CT molecular complexity index is 1360. The second kappa shape index (κ2) is 13.5. The Balaban J connectivity index is 1.71. The number of ether oxygens (including phenoxy) is 1. The van der Waals surface area contributed by atoms with E-state index in [-0.39, 0.29) is 47.9 Å². The first-order chi connectivity index (χ1) is 20.3. The number of halogens is 4. The maximum absolute atomic E-state index is 13.7. The van der Waals surface area contributed by atoms with E-state index < -0.39 is 11.7 Å². The lowest BCUT2D eigenvalue weighted by Gasteiger charge is -2.47. The molecule has 1 amide bonds. The van der Waals surface area contributed by atoms with Gasteiger partial charge in [0.1, 0.15) is 0 Å². The van der Waals surface area contributed by atoms with Gasteiger partial charge in [-0.25, -0.2) is 14.8 Å². The van der Waals surface area contributed by atoms with Crippen molar-refractivity contribution in [2.45, 2.75) is 110 Å². The summed E-state index contributed by atoms with van der Waals surface area (Å²) >= 11 is 6.15. The highest BCUT2D eigenvalue weighted by Crippen LogP contribution is 2.36. The van der Waals surface area contributed by atoms with Crippen LogP contribution in [-0.2, 0) is 17.5 Å². The lowest BCUT2D eigenvalue weighted by molar-refractivity contribution is -0.137. The predicted octanol–water partition coefficient (Wildman–Crippen LogP) is 8.17. The molecule has 12 heteroatoms. The molecule has 0 N–H and O–H groups in total. The van der Waals surface area contributed by atoms with Crippen LogP contribution in [0.5, 0.6) is 0 Å². The Labute approximate surface area is 256 Å². The number of piperidine rings is 1. The number of anilines is 1. The van der Waals surface area contributed by atoms with Crippen LogP contribution in [0.2, 0.25) is 5.02 Å². The number of hydrogen-bond donors (Lipinski definition) is 0. The first kappa shape index (κ1) is 32.6. The third kappa shape index (κ3) is 7.79. The fourth-order valence-corrected chi connectivity index (χ4v) is 5.90. The third-order valence-corrected chi connectivity index (χ3v) is 8.02. The highest BCUT2D eigenvalue weighted by atomic mass is 35.5. The molecule has 0 spiro atoms. The standard InChI is InChI=1S/C31H40ClF3N6O2/c1-7-26-12-28(13-27(8-2)41(26)30(42)43-20(5)6)39(17-21-9-24(31(33,34)35)11-25(32)10-21)29-36-14-22(15-37-29)23-16-38-40(18-23)19(3)4/h9-11,14-16,18-20,26-28H,7-8,12-13,17H2,1-6H3/t26-,27+,28+. The van der Waals surface area contributed by atoms with Crippen molar-refractivity contribution in [1.82, 2.24) is 24.6 Å². The van der Waals surface area contributed by atoms with Crippen molar-refractivity contribution in [2.75, 3.05) is 4.90 Å². The number of likely N-dealkylation sites (tertiary alicyclic amines) is 1. The summed E-state index contributed by atoms with van der Waals surface area (Å²) in [6, 6.07) is 3.40. The zero-order valence-corrected chi connectivity index (χ0v) is 26.2. The number of amides is 1. The number of hydrogen-bond acceptors (Lipinski definition) is 6. The lowest BCUT2D eigenvalue weighted by Crippen LogP contribution is -2.57. The fraction of sp³-hybridized carbons (Fsp3) is 0.548. The number of aromatic nitrogens is 4.